The van der Waals surface area contributed by atoms with Gasteiger partial charge in [0.2, 0.25) is 5.91 Å². The summed E-state index contributed by atoms with van der Waals surface area (Å²) in [5, 5.41) is 3.85. The second kappa shape index (κ2) is 5.88. The number of likely N-dealkylation sites (N-methyl/N-ethyl adjacent to an activating group) is 1. The summed E-state index contributed by atoms with van der Waals surface area (Å²) >= 11 is 0. The number of H-pyrrole nitrogens is 1. The van der Waals surface area contributed by atoms with Gasteiger partial charge >= 0.3 is 6.03 Å². The topological polar surface area (TPSA) is 68.4 Å². The van der Waals surface area contributed by atoms with Gasteiger partial charge in [-0.25, -0.2) is 4.79 Å². The second-order valence-electron chi connectivity index (χ2n) is 7.29. The Morgan fingerprint density at radius 1 is 1.36 bits per heavy atom. The van der Waals surface area contributed by atoms with Crippen LogP contribution in [0.25, 0.3) is 10.9 Å². The molecule has 0 spiro atoms. The van der Waals surface area contributed by atoms with Crippen molar-refractivity contribution in [2.45, 2.75) is 24.8 Å². The Kier molecular flexibility index (Phi) is 3.80. The van der Waals surface area contributed by atoms with E-state index in [1.54, 1.807) is 14.1 Å². The fourth-order valence-corrected chi connectivity index (χ4v) is 4.66. The molecule has 6 nitrogen and oxygen atoms in total. The fourth-order valence-electron chi connectivity index (χ4n) is 4.66. The molecule has 25 heavy (non-hydrogen) atoms. The van der Waals surface area contributed by atoms with Crippen molar-refractivity contribution in [2.75, 3.05) is 27.7 Å². The van der Waals surface area contributed by atoms with Gasteiger partial charge in [0.25, 0.3) is 0 Å². The van der Waals surface area contributed by atoms with Gasteiger partial charge in [-0.3, -0.25) is 9.69 Å². The minimum absolute atomic E-state index is 0.100. The number of likely N-dealkylation sites (tertiary alicyclic amines) is 1. The molecule has 4 rings (SSSR count). The lowest BCUT2D eigenvalue weighted by molar-refractivity contribution is -0.134. The van der Waals surface area contributed by atoms with Crippen LogP contribution in [0.1, 0.15) is 23.5 Å². The van der Waals surface area contributed by atoms with Crippen molar-refractivity contribution in [3.8, 4) is 0 Å². The number of amides is 3. The molecule has 1 fully saturated rings. The first-order valence-electron chi connectivity index (χ1n) is 8.79. The lowest BCUT2D eigenvalue weighted by Crippen LogP contribution is -2.53. The van der Waals surface area contributed by atoms with Crippen molar-refractivity contribution >= 4 is 22.8 Å². The number of piperidine rings is 1. The van der Waals surface area contributed by atoms with Gasteiger partial charge in [0, 0.05) is 49.7 Å². The van der Waals surface area contributed by atoms with E-state index >= 15 is 0 Å². The summed E-state index contributed by atoms with van der Waals surface area (Å²) < 4.78 is 0. The average Bonchev–Trinajstić information content (AvgIpc) is 3.05. The number of carbonyl (C=O) groups is 2. The third-order valence-electron chi connectivity index (χ3n) is 5.92. The maximum Gasteiger partial charge on any atom is 0.323 e. The average molecular weight is 340 g/mol. The molecule has 0 unspecified atom stereocenters. The minimum atomic E-state index is -0.353. The molecule has 2 aliphatic rings. The minimum Gasteiger partial charge on any atom is -0.361 e. The van der Waals surface area contributed by atoms with Crippen LogP contribution in [0.4, 0.5) is 4.79 Å². The number of nitrogens with one attached hydrogen (secondary N) is 2. The molecule has 132 valence electrons. The summed E-state index contributed by atoms with van der Waals surface area (Å²) in [7, 11) is 5.19. The standard InChI is InChI=1S/C19H24N4O2/c1-20-19(25)23(3)18(24)12-7-14-13-5-4-6-15-17(13)11(9-21-15)8-16(14)22(2)10-12/h4-6,9,12,14,16,21H,7-8,10H2,1-3H3,(H,20,25)/t12-,14-,16-/m1/s1. The maximum absolute atomic E-state index is 12.8. The normalized spacial score (nSPS) is 25.5. The SMILES string of the molecule is CNC(=O)N(C)C(=O)[C@@H]1C[C@@H]2c3cccc4[nH]cc(c34)C[C@H]2N(C)C1. The number of nitrogens with zero attached hydrogens (tertiary/aromatic N) is 2. The number of hydrogen-bond acceptors (Lipinski definition) is 3. The van der Waals surface area contributed by atoms with Gasteiger partial charge < -0.3 is 15.2 Å². The van der Waals surface area contributed by atoms with E-state index in [9.17, 15) is 9.59 Å². The summed E-state index contributed by atoms with van der Waals surface area (Å²) in [6.45, 7) is 0.692. The van der Waals surface area contributed by atoms with Crippen LogP contribution in [-0.4, -0.2) is 60.5 Å². The van der Waals surface area contributed by atoms with Crippen molar-refractivity contribution in [1.29, 1.82) is 0 Å². The summed E-state index contributed by atoms with van der Waals surface area (Å²) in [5.74, 6) is 0.0544. The molecule has 1 saturated heterocycles. The molecule has 0 saturated carbocycles. The van der Waals surface area contributed by atoms with E-state index in [0.29, 0.717) is 18.5 Å². The van der Waals surface area contributed by atoms with Crippen molar-refractivity contribution in [3.63, 3.8) is 0 Å². The number of urea groups is 1. The van der Waals surface area contributed by atoms with Gasteiger partial charge in [-0.15, -0.1) is 0 Å². The number of hydrogen-bond donors (Lipinski definition) is 2. The van der Waals surface area contributed by atoms with Crippen molar-refractivity contribution in [3.05, 3.63) is 35.5 Å². The molecule has 2 aromatic rings. The quantitative estimate of drug-likeness (QED) is 0.833. The molecular formula is C19H24N4O2. The first kappa shape index (κ1) is 16.1. The van der Waals surface area contributed by atoms with E-state index in [2.05, 4.69) is 46.6 Å². The number of imide groups is 1. The van der Waals surface area contributed by atoms with Crippen LogP contribution in [0.3, 0.4) is 0 Å². The van der Waals surface area contributed by atoms with Crippen molar-refractivity contribution < 1.29 is 9.59 Å². The van der Waals surface area contributed by atoms with E-state index in [4.69, 9.17) is 0 Å². The van der Waals surface area contributed by atoms with E-state index < -0.39 is 0 Å². The van der Waals surface area contributed by atoms with Crippen molar-refractivity contribution in [1.82, 2.24) is 20.1 Å². The zero-order chi connectivity index (χ0) is 17.7. The molecular weight excluding hydrogens is 316 g/mol. The van der Waals surface area contributed by atoms with E-state index in [1.807, 2.05) is 0 Å². The predicted octanol–water partition coefficient (Wildman–Crippen LogP) is 1.93. The first-order valence-corrected chi connectivity index (χ1v) is 8.79. The molecule has 3 atom stereocenters. The van der Waals surface area contributed by atoms with E-state index in [1.165, 1.54) is 26.9 Å². The van der Waals surface area contributed by atoms with E-state index in [-0.39, 0.29) is 17.9 Å². The predicted molar refractivity (Wildman–Crippen MR) is 96.5 cm³/mol. The molecule has 1 aromatic carbocycles. The molecule has 3 amide bonds. The van der Waals surface area contributed by atoms with Gasteiger partial charge in [-0.05, 0) is 37.1 Å². The summed E-state index contributed by atoms with van der Waals surface area (Å²) in [6.07, 6.45) is 3.91. The van der Waals surface area contributed by atoms with Crippen LogP contribution in [0.5, 0.6) is 0 Å². The molecule has 1 aromatic heterocycles. The first-order chi connectivity index (χ1) is 12.0. The van der Waals surface area contributed by atoms with Gasteiger partial charge in [-0.2, -0.15) is 0 Å². The third kappa shape index (κ3) is 2.43. The van der Waals surface area contributed by atoms with Crippen LogP contribution in [-0.2, 0) is 11.2 Å². The van der Waals surface area contributed by atoms with Gasteiger partial charge in [0.1, 0.15) is 0 Å². The molecule has 1 aliphatic heterocycles. The molecule has 0 bridgehead atoms. The fraction of sp³-hybridized carbons (Fsp3) is 0.474. The van der Waals surface area contributed by atoms with Crippen LogP contribution in [0.15, 0.2) is 24.4 Å². The lowest BCUT2D eigenvalue weighted by Gasteiger charge is -2.45. The van der Waals surface area contributed by atoms with Crippen molar-refractivity contribution in [2.24, 2.45) is 5.92 Å². The summed E-state index contributed by atoms with van der Waals surface area (Å²) in [4.78, 5) is 31.5. The molecule has 2 heterocycles. The van der Waals surface area contributed by atoms with Crippen LogP contribution < -0.4 is 5.32 Å². The van der Waals surface area contributed by atoms with Gasteiger partial charge in [-0.1, -0.05) is 12.1 Å². The number of aromatic nitrogens is 1. The summed E-state index contributed by atoms with van der Waals surface area (Å²) in [6, 6.07) is 6.44. The van der Waals surface area contributed by atoms with Crippen LogP contribution in [0, 0.1) is 5.92 Å². The largest absolute Gasteiger partial charge is 0.361 e. The number of carbonyl (C=O) groups excluding carboxylic acids is 2. The monoisotopic (exact) mass is 340 g/mol. The van der Waals surface area contributed by atoms with Gasteiger partial charge in [0.15, 0.2) is 0 Å². The zero-order valence-electron chi connectivity index (χ0n) is 14.9. The molecule has 0 radical (unpaired) electrons. The Labute approximate surface area is 147 Å². The van der Waals surface area contributed by atoms with Gasteiger partial charge in [0.05, 0.1) is 5.92 Å². The lowest BCUT2D eigenvalue weighted by atomic mass is 9.72. The van der Waals surface area contributed by atoms with Crippen LogP contribution in [0.2, 0.25) is 0 Å². The molecule has 2 N–H and O–H groups in total. The molecule has 1 aliphatic carbocycles. The zero-order valence-corrected chi connectivity index (χ0v) is 14.9. The Bertz CT molecular complexity index is 843. The second-order valence-corrected chi connectivity index (χ2v) is 7.29. The van der Waals surface area contributed by atoms with Crippen LogP contribution >= 0.6 is 0 Å². The third-order valence-corrected chi connectivity index (χ3v) is 5.92. The Morgan fingerprint density at radius 3 is 2.92 bits per heavy atom. The highest BCUT2D eigenvalue weighted by Crippen LogP contribution is 2.44. The highest BCUT2D eigenvalue weighted by molar-refractivity contribution is 5.95. The summed E-state index contributed by atoms with van der Waals surface area (Å²) in [5.41, 5.74) is 3.87. The number of rotatable bonds is 1. The number of benzene rings is 1. The number of aromatic amines is 1. The Morgan fingerprint density at radius 2 is 2.16 bits per heavy atom. The highest BCUT2D eigenvalue weighted by atomic mass is 16.2. The highest BCUT2D eigenvalue weighted by Gasteiger charge is 2.42. The Hall–Kier alpha value is -2.34. The molecule has 6 heteroatoms. The van der Waals surface area contributed by atoms with E-state index in [0.717, 1.165) is 12.8 Å². The Balaban J connectivity index is 1.67. The maximum atomic E-state index is 12.8. The number of fused-ring (bicyclic) bond motifs is 2. The smallest absolute Gasteiger partial charge is 0.323 e.